The number of allylic oxidation sites excluding steroid dienone is 3. The number of rotatable bonds is 1. The Morgan fingerprint density at radius 1 is 1.50 bits per heavy atom. The maximum Gasteiger partial charge on any atom is 0.161 e. The van der Waals surface area contributed by atoms with E-state index in [2.05, 4.69) is 0 Å². The van der Waals surface area contributed by atoms with Crippen molar-refractivity contribution in [2.24, 2.45) is 5.73 Å². The van der Waals surface area contributed by atoms with Crippen molar-refractivity contribution in [3.05, 3.63) is 23.4 Å². The molecule has 0 aromatic carbocycles. The average molecular weight is 137 g/mol. The Kier molecular flexibility index (Phi) is 1.90. The maximum atomic E-state index is 10.8. The fourth-order valence-electron chi connectivity index (χ4n) is 1.04. The van der Waals surface area contributed by atoms with Crippen molar-refractivity contribution in [2.75, 3.05) is 0 Å². The zero-order chi connectivity index (χ0) is 7.56. The Morgan fingerprint density at radius 2 is 2.10 bits per heavy atom. The minimum Gasteiger partial charge on any atom is -0.398 e. The molecule has 0 radical (unpaired) electrons. The fraction of sp³-hybridized carbons (Fsp3) is 0.375. The van der Waals surface area contributed by atoms with Crippen LogP contribution >= 0.6 is 0 Å². The van der Waals surface area contributed by atoms with Crippen molar-refractivity contribution >= 4 is 5.78 Å². The lowest BCUT2D eigenvalue weighted by Gasteiger charge is -2.07. The first-order chi connectivity index (χ1) is 4.72. The minimum absolute atomic E-state index is 0.0634. The highest BCUT2D eigenvalue weighted by Gasteiger charge is 2.08. The van der Waals surface area contributed by atoms with Crippen molar-refractivity contribution in [3.8, 4) is 0 Å². The van der Waals surface area contributed by atoms with Gasteiger partial charge in [0.2, 0.25) is 0 Å². The molecule has 0 aromatic rings. The van der Waals surface area contributed by atoms with Crippen molar-refractivity contribution in [1.82, 2.24) is 0 Å². The molecule has 1 aliphatic rings. The first-order valence-corrected chi connectivity index (χ1v) is 3.39. The summed E-state index contributed by atoms with van der Waals surface area (Å²) < 4.78 is 0. The van der Waals surface area contributed by atoms with Crippen molar-refractivity contribution in [2.45, 2.75) is 19.8 Å². The Labute approximate surface area is 60.4 Å². The van der Waals surface area contributed by atoms with Gasteiger partial charge >= 0.3 is 0 Å². The molecule has 54 valence electrons. The van der Waals surface area contributed by atoms with Crippen LogP contribution in [0.4, 0.5) is 0 Å². The average Bonchev–Trinajstić information content (AvgIpc) is 1.88. The molecular weight excluding hydrogens is 126 g/mol. The van der Waals surface area contributed by atoms with Gasteiger partial charge in [-0.2, -0.15) is 0 Å². The van der Waals surface area contributed by atoms with Crippen LogP contribution in [0.2, 0.25) is 0 Å². The second kappa shape index (κ2) is 2.69. The van der Waals surface area contributed by atoms with Crippen molar-refractivity contribution in [1.29, 1.82) is 0 Å². The molecule has 0 amide bonds. The summed E-state index contributed by atoms with van der Waals surface area (Å²) in [5.74, 6) is 0.0634. The summed E-state index contributed by atoms with van der Waals surface area (Å²) in [6.07, 6.45) is 5.70. The van der Waals surface area contributed by atoms with E-state index in [9.17, 15) is 4.79 Å². The third kappa shape index (κ3) is 1.26. The molecule has 0 bridgehead atoms. The molecule has 1 aliphatic carbocycles. The molecule has 0 saturated heterocycles. The summed E-state index contributed by atoms with van der Waals surface area (Å²) in [6.45, 7) is 1.54. The van der Waals surface area contributed by atoms with Gasteiger partial charge in [-0.3, -0.25) is 4.79 Å². The monoisotopic (exact) mass is 137 g/mol. The summed E-state index contributed by atoms with van der Waals surface area (Å²) in [5.41, 5.74) is 6.88. The Bertz CT molecular complexity index is 213. The number of hydrogen-bond donors (Lipinski definition) is 1. The lowest BCUT2D eigenvalue weighted by Crippen LogP contribution is -2.10. The van der Waals surface area contributed by atoms with Crippen LogP contribution in [0.5, 0.6) is 0 Å². The van der Waals surface area contributed by atoms with E-state index in [1.807, 2.05) is 12.2 Å². The fourth-order valence-corrected chi connectivity index (χ4v) is 1.04. The molecule has 0 aliphatic heterocycles. The van der Waals surface area contributed by atoms with Gasteiger partial charge in [0.05, 0.1) is 0 Å². The third-order valence-corrected chi connectivity index (χ3v) is 1.57. The van der Waals surface area contributed by atoms with Crippen LogP contribution < -0.4 is 5.73 Å². The summed E-state index contributed by atoms with van der Waals surface area (Å²) in [4.78, 5) is 10.8. The molecular formula is C8H11NO. The predicted octanol–water partition coefficient (Wildman–Crippen LogP) is 1.14. The van der Waals surface area contributed by atoms with E-state index in [4.69, 9.17) is 5.73 Å². The molecule has 2 heteroatoms. The van der Waals surface area contributed by atoms with Crippen LogP contribution in [0.15, 0.2) is 23.4 Å². The first kappa shape index (κ1) is 7.06. The number of nitrogens with two attached hydrogens (primary N) is 1. The molecule has 0 spiro atoms. The molecule has 0 unspecified atom stereocenters. The lowest BCUT2D eigenvalue weighted by molar-refractivity contribution is -0.113. The maximum absolute atomic E-state index is 10.8. The van der Waals surface area contributed by atoms with E-state index in [1.165, 1.54) is 6.92 Å². The Balaban J connectivity index is 2.84. The van der Waals surface area contributed by atoms with Crippen LogP contribution in [0.1, 0.15) is 19.8 Å². The van der Waals surface area contributed by atoms with Crippen LogP contribution in [0, 0.1) is 0 Å². The molecule has 0 atom stereocenters. The van der Waals surface area contributed by atoms with Gasteiger partial charge in [-0.25, -0.2) is 0 Å². The molecule has 0 aromatic heterocycles. The summed E-state index contributed by atoms with van der Waals surface area (Å²) in [7, 11) is 0. The number of hydrogen-bond acceptors (Lipinski definition) is 2. The Hall–Kier alpha value is -1.05. The third-order valence-electron chi connectivity index (χ3n) is 1.57. The number of ketones is 1. The smallest absolute Gasteiger partial charge is 0.161 e. The second-order valence-corrected chi connectivity index (χ2v) is 2.41. The van der Waals surface area contributed by atoms with Crippen LogP contribution in [-0.4, -0.2) is 5.78 Å². The summed E-state index contributed by atoms with van der Waals surface area (Å²) >= 11 is 0. The largest absolute Gasteiger partial charge is 0.398 e. The van der Waals surface area contributed by atoms with E-state index in [0.29, 0.717) is 11.3 Å². The molecule has 0 saturated carbocycles. The zero-order valence-electron chi connectivity index (χ0n) is 6.05. The van der Waals surface area contributed by atoms with E-state index >= 15 is 0 Å². The normalized spacial score (nSPS) is 17.7. The van der Waals surface area contributed by atoms with E-state index in [1.54, 1.807) is 0 Å². The van der Waals surface area contributed by atoms with Gasteiger partial charge in [-0.1, -0.05) is 12.2 Å². The molecule has 0 heterocycles. The van der Waals surface area contributed by atoms with Gasteiger partial charge < -0.3 is 5.73 Å². The minimum atomic E-state index is 0.0634. The molecule has 1 rings (SSSR count). The van der Waals surface area contributed by atoms with Gasteiger partial charge in [-0.05, 0) is 19.8 Å². The van der Waals surface area contributed by atoms with Crippen LogP contribution in [-0.2, 0) is 4.79 Å². The molecule has 2 N–H and O–H groups in total. The zero-order valence-corrected chi connectivity index (χ0v) is 6.05. The molecule has 2 nitrogen and oxygen atoms in total. The number of carbonyl (C=O) groups excluding carboxylic acids is 1. The first-order valence-electron chi connectivity index (χ1n) is 3.39. The highest BCUT2D eigenvalue weighted by molar-refractivity contribution is 5.97. The van der Waals surface area contributed by atoms with Gasteiger partial charge in [-0.15, -0.1) is 0 Å². The Morgan fingerprint density at radius 3 is 2.50 bits per heavy atom. The van der Waals surface area contributed by atoms with Crippen molar-refractivity contribution in [3.63, 3.8) is 0 Å². The molecule has 0 fully saturated rings. The van der Waals surface area contributed by atoms with Gasteiger partial charge in [0.15, 0.2) is 5.78 Å². The van der Waals surface area contributed by atoms with E-state index in [0.717, 1.165) is 12.8 Å². The standard InChI is InChI=1S/C8H11NO/c1-6(10)7-4-2-3-5-8(7)9/h4-5H,2-3,9H2,1H3. The van der Waals surface area contributed by atoms with Crippen LogP contribution in [0.25, 0.3) is 0 Å². The van der Waals surface area contributed by atoms with Gasteiger partial charge in [0.1, 0.15) is 0 Å². The highest BCUT2D eigenvalue weighted by atomic mass is 16.1. The quantitative estimate of drug-likeness (QED) is 0.589. The van der Waals surface area contributed by atoms with E-state index in [-0.39, 0.29) is 5.78 Å². The van der Waals surface area contributed by atoms with Gasteiger partial charge in [0, 0.05) is 11.3 Å². The summed E-state index contributed by atoms with van der Waals surface area (Å²) in [5, 5.41) is 0. The number of Topliss-reactive ketones (excluding diaryl/α,β-unsaturated/α-hetero) is 1. The number of carbonyl (C=O) groups is 1. The van der Waals surface area contributed by atoms with Crippen LogP contribution in [0.3, 0.4) is 0 Å². The van der Waals surface area contributed by atoms with Gasteiger partial charge in [0.25, 0.3) is 0 Å². The predicted molar refractivity (Wildman–Crippen MR) is 40.3 cm³/mol. The van der Waals surface area contributed by atoms with Crippen molar-refractivity contribution < 1.29 is 4.79 Å². The topological polar surface area (TPSA) is 43.1 Å². The molecule has 10 heavy (non-hydrogen) atoms. The SMILES string of the molecule is CC(=O)C1=CCCC=C1N. The summed E-state index contributed by atoms with van der Waals surface area (Å²) in [6, 6.07) is 0. The van der Waals surface area contributed by atoms with E-state index < -0.39 is 0 Å². The highest BCUT2D eigenvalue weighted by Crippen LogP contribution is 2.14. The second-order valence-electron chi connectivity index (χ2n) is 2.41. The lowest BCUT2D eigenvalue weighted by atomic mass is 10.0.